The summed E-state index contributed by atoms with van der Waals surface area (Å²) in [4.78, 5) is 29.8. The highest BCUT2D eigenvalue weighted by Crippen LogP contribution is 2.35. The van der Waals surface area contributed by atoms with Crippen molar-refractivity contribution in [2.24, 2.45) is 5.73 Å². The van der Waals surface area contributed by atoms with Crippen molar-refractivity contribution >= 4 is 29.1 Å². The van der Waals surface area contributed by atoms with Gasteiger partial charge < -0.3 is 15.4 Å². The Kier molecular flexibility index (Phi) is 5.08. The van der Waals surface area contributed by atoms with Gasteiger partial charge in [-0.3, -0.25) is 9.59 Å². The molecule has 136 valence electrons. The fourth-order valence-corrected chi connectivity index (χ4v) is 3.06. The molecule has 2 N–H and O–H groups in total. The van der Waals surface area contributed by atoms with Crippen molar-refractivity contribution in [1.82, 2.24) is 4.98 Å². The number of alkyl halides is 1. The Morgan fingerprint density at radius 2 is 2.08 bits per heavy atom. The molecule has 0 aliphatic carbocycles. The Morgan fingerprint density at radius 1 is 1.38 bits per heavy atom. The molecule has 2 amide bonds. The summed E-state index contributed by atoms with van der Waals surface area (Å²) in [6.45, 7) is 2.06. The lowest BCUT2D eigenvalue weighted by atomic mass is 10.0. The van der Waals surface area contributed by atoms with Gasteiger partial charge in [0.05, 0.1) is 6.04 Å². The van der Waals surface area contributed by atoms with E-state index in [0.29, 0.717) is 17.7 Å². The monoisotopic (exact) mass is 377 g/mol. The highest BCUT2D eigenvalue weighted by atomic mass is 35.5. The second kappa shape index (κ2) is 7.29. The molecule has 6 nitrogen and oxygen atoms in total. The number of pyridine rings is 1. The number of hydrogen-bond donors (Lipinski definition) is 1. The summed E-state index contributed by atoms with van der Waals surface area (Å²) in [6.07, 6.45) is 0.302. The minimum atomic E-state index is -0.706. The van der Waals surface area contributed by atoms with Crippen LogP contribution >= 0.6 is 11.6 Å². The van der Waals surface area contributed by atoms with E-state index in [1.54, 1.807) is 18.2 Å². The molecule has 0 bridgehead atoms. The zero-order valence-corrected chi connectivity index (χ0v) is 14.8. The topological polar surface area (TPSA) is 85.5 Å². The van der Waals surface area contributed by atoms with E-state index < -0.39 is 5.91 Å². The molecule has 1 aromatic heterocycles. The molecule has 1 atom stereocenters. The van der Waals surface area contributed by atoms with Gasteiger partial charge in [-0.05, 0) is 42.7 Å². The summed E-state index contributed by atoms with van der Waals surface area (Å²) in [5, 5.41) is 0. The number of fused-ring (bicyclic) bond motifs is 1. The zero-order valence-electron chi connectivity index (χ0n) is 14.0. The molecule has 0 fully saturated rings. The van der Waals surface area contributed by atoms with E-state index in [4.69, 9.17) is 22.1 Å². The maximum absolute atomic E-state index is 13.1. The van der Waals surface area contributed by atoms with Gasteiger partial charge >= 0.3 is 0 Å². The van der Waals surface area contributed by atoms with Crippen LogP contribution in [0.15, 0.2) is 30.3 Å². The van der Waals surface area contributed by atoms with Crippen LogP contribution in [0, 0.1) is 5.82 Å². The van der Waals surface area contributed by atoms with Crippen LogP contribution in [0.2, 0.25) is 0 Å². The minimum Gasteiger partial charge on any atom is -0.474 e. The number of carbonyl (C=O) groups is 2. The van der Waals surface area contributed by atoms with Crippen LogP contribution < -0.4 is 15.4 Å². The smallest absolute Gasteiger partial charge is 0.267 e. The van der Waals surface area contributed by atoms with E-state index in [1.807, 2.05) is 6.92 Å². The summed E-state index contributed by atoms with van der Waals surface area (Å²) in [5.74, 6) is -1.37. The Bertz CT molecular complexity index is 858. The SMILES string of the molecule is CC1COc2nc(C(N)=O)c(Cc3ccc(F)cc3)cc2N1C(=O)CCl. The molecule has 26 heavy (non-hydrogen) atoms. The van der Waals surface area contributed by atoms with E-state index in [0.717, 1.165) is 5.56 Å². The number of amides is 2. The predicted octanol–water partition coefficient (Wildman–Crippen LogP) is 2.26. The average Bonchev–Trinajstić information content (AvgIpc) is 2.62. The van der Waals surface area contributed by atoms with Crippen LogP contribution in [0.1, 0.15) is 28.5 Å². The molecule has 1 unspecified atom stereocenters. The number of nitrogens with zero attached hydrogens (tertiary/aromatic N) is 2. The van der Waals surface area contributed by atoms with Crippen molar-refractivity contribution in [2.75, 3.05) is 17.4 Å². The third kappa shape index (κ3) is 3.48. The van der Waals surface area contributed by atoms with Gasteiger partial charge in [0.2, 0.25) is 11.8 Å². The van der Waals surface area contributed by atoms with Crippen molar-refractivity contribution in [2.45, 2.75) is 19.4 Å². The lowest BCUT2D eigenvalue weighted by molar-refractivity contribution is -0.117. The van der Waals surface area contributed by atoms with E-state index >= 15 is 0 Å². The molecule has 0 radical (unpaired) electrons. The van der Waals surface area contributed by atoms with E-state index in [9.17, 15) is 14.0 Å². The first kappa shape index (κ1) is 18.1. The highest BCUT2D eigenvalue weighted by molar-refractivity contribution is 6.29. The van der Waals surface area contributed by atoms with Crippen molar-refractivity contribution in [3.05, 3.63) is 53.0 Å². The average molecular weight is 378 g/mol. The van der Waals surface area contributed by atoms with Gasteiger partial charge in [0.25, 0.3) is 5.91 Å². The standard InChI is InChI=1S/C18H17ClFN3O3/c1-10-9-26-18-14(23(10)15(24)8-19)7-12(16(22-18)17(21)25)6-11-2-4-13(20)5-3-11/h2-5,7,10H,6,8-9H2,1H3,(H2,21,25). The maximum atomic E-state index is 13.1. The van der Waals surface area contributed by atoms with Crippen LogP contribution in [-0.4, -0.2) is 35.3 Å². The summed E-state index contributed by atoms with van der Waals surface area (Å²) < 4.78 is 18.7. The summed E-state index contributed by atoms with van der Waals surface area (Å²) in [5.41, 5.74) is 7.25. The first-order valence-electron chi connectivity index (χ1n) is 7.99. The van der Waals surface area contributed by atoms with Gasteiger partial charge in [-0.2, -0.15) is 0 Å². The molecule has 1 aliphatic rings. The van der Waals surface area contributed by atoms with Gasteiger partial charge in [-0.25, -0.2) is 9.37 Å². The van der Waals surface area contributed by atoms with Gasteiger partial charge in [-0.15, -0.1) is 11.6 Å². The quantitative estimate of drug-likeness (QED) is 0.828. The molecule has 0 spiro atoms. The summed E-state index contributed by atoms with van der Waals surface area (Å²) >= 11 is 5.72. The summed E-state index contributed by atoms with van der Waals surface area (Å²) in [6, 6.07) is 7.32. The largest absolute Gasteiger partial charge is 0.474 e. The van der Waals surface area contributed by atoms with Crippen LogP contribution in [0.5, 0.6) is 5.88 Å². The number of ether oxygens (including phenoxy) is 1. The van der Waals surface area contributed by atoms with Crippen LogP contribution in [0.25, 0.3) is 0 Å². The maximum Gasteiger partial charge on any atom is 0.267 e. The normalized spacial score (nSPS) is 16.0. The van der Waals surface area contributed by atoms with Gasteiger partial charge in [0.1, 0.15) is 29.7 Å². The van der Waals surface area contributed by atoms with Crippen molar-refractivity contribution in [1.29, 1.82) is 0 Å². The number of anilines is 1. The second-order valence-corrected chi connectivity index (χ2v) is 6.31. The fourth-order valence-electron chi connectivity index (χ4n) is 2.93. The molecule has 8 heteroatoms. The number of hydrogen-bond acceptors (Lipinski definition) is 4. The molecule has 2 heterocycles. The lowest BCUT2D eigenvalue weighted by Crippen LogP contribution is -2.46. The first-order valence-corrected chi connectivity index (χ1v) is 8.53. The van der Waals surface area contributed by atoms with E-state index in [1.165, 1.54) is 17.0 Å². The third-order valence-electron chi connectivity index (χ3n) is 4.13. The number of benzene rings is 1. The molecule has 1 aromatic carbocycles. The molecule has 2 aromatic rings. The highest BCUT2D eigenvalue weighted by Gasteiger charge is 2.31. The van der Waals surface area contributed by atoms with Crippen LogP contribution in [0.4, 0.5) is 10.1 Å². The minimum absolute atomic E-state index is 0.0564. The first-order chi connectivity index (χ1) is 12.4. The van der Waals surface area contributed by atoms with Crippen molar-refractivity contribution < 1.29 is 18.7 Å². The number of carbonyl (C=O) groups excluding carboxylic acids is 2. The molecular weight excluding hydrogens is 361 g/mol. The zero-order chi connectivity index (χ0) is 18.8. The Morgan fingerprint density at radius 3 is 2.69 bits per heavy atom. The predicted molar refractivity (Wildman–Crippen MR) is 95.1 cm³/mol. The van der Waals surface area contributed by atoms with Gasteiger partial charge in [0.15, 0.2) is 0 Å². The molecule has 0 saturated heterocycles. The van der Waals surface area contributed by atoms with Crippen molar-refractivity contribution in [3.63, 3.8) is 0 Å². The second-order valence-electron chi connectivity index (χ2n) is 6.05. The summed E-state index contributed by atoms with van der Waals surface area (Å²) in [7, 11) is 0. The Hall–Kier alpha value is -2.67. The molecule has 0 saturated carbocycles. The number of nitrogens with two attached hydrogens (primary N) is 1. The van der Waals surface area contributed by atoms with E-state index in [-0.39, 0.29) is 41.8 Å². The van der Waals surface area contributed by atoms with E-state index in [2.05, 4.69) is 4.98 Å². The number of primary amides is 1. The molecule has 1 aliphatic heterocycles. The fraction of sp³-hybridized carbons (Fsp3) is 0.278. The Balaban J connectivity index is 2.08. The van der Waals surface area contributed by atoms with Crippen LogP contribution in [-0.2, 0) is 11.2 Å². The number of rotatable bonds is 4. The van der Waals surface area contributed by atoms with Gasteiger partial charge in [0, 0.05) is 0 Å². The van der Waals surface area contributed by atoms with Crippen LogP contribution in [0.3, 0.4) is 0 Å². The van der Waals surface area contributed by atoms with Crippen molar-refractivity contribution in [3.8, 4) is 5.88 Å². The van der Waals surface area contributed by atoms with Gasteiger partial charge in [-0.1, -0.05) is 12.1 Å². The lowest BCUT2D eigenvalue weighted by Gasteiger charge is -2.34. The Labute approximate surface area is 154 Å². The third-order valence-corrected chi connectivity index (χ3v) is 4.36. The molecular formula is C18H17ClFN3O3. The molecule has 3 rings (SSSR count). The number of aromatic nitrogens is 1. The number of halogens is 2.